The minimum atomic E-state index is -0.771. The van der Waals surface area contributed by atoms with Gasteiger partial charge in [-0.2, -0.15) is 0 Å². The number of halogens is 1. The van der Waals surface area contributed by atoms with E-state index in [0.29, 0.717) is 51.3 Å². The highest BCUT2D eigenvalue weighted by atomic mass is 19.1. The second-order valence-electron chi connectivity index (χ2n) is 7.76. The Hall–Kier alpha value is -3.18. The molecule has 0 bridgehead atoms. The molecule has 2 aliphatic rings. The summed E-state index contributed by atoms with van der Waals surface area (Å²) in [6, 6.07) is 4.72. The standard InChI is InChI=1S/C21H29FN6O4/c22-13-1-3-14(4-2-13)27-19(24)16(20(25)29)11-26-18-5-8-28(12-17(18)23)21(30)32-15-6-9-31-10-7-15/h1-4,11,15,17-18,26H,5-10,12,23H2,(H2,24,27)(H2,25,29)/b16-11+/t17-,18-/m1/s1. The number of likely N-dealkylation sites (tertiary alicyclic amines) is 1. The van der Waals surface area contributed by atoms with E-state index in [1.54, 1.807) is 4.90 Å². The lowest BCUT2D eigenvalue weighted by Crippen LogP contribution is -2.57. The number of carbonyl (C=O) groups excluding carboxylic acids is 2. The third-order valence-corrected chi connectivity index (χ3v) is 5.41. The Morgan fingerprint density at radius 3 is 2.50 bits per heavy atom. The number of nitrogens with one attached hydrogen (secondary N) is 1. The highest BCUT2D eigenvalue weighted by Crippen LogP contribution is 2.17. The van der Waals surface area contributed by atoms with E-state index < -0.39 is 17.8 Å². The van der Waals surface area contributed by atoms with Crippen molar-refractivity contribution in [3.05, 3.63) is 41.9 Å². The molecule has 174 valence electrons. The predicted molar refractivity (Wildman–Crippen MR) is 116 cm³/mol. The van der Waals surface area contributed by atoms with E-state index in [1.807, 2.05) is 0 Å². The molecule has 0 radical (unpaired) electrons. The number of aliphatic imine (C=N–C) groups is 1. The van der Waals surface area contributed by atoms with Crippen molar-refractivity contribution in [2.75, 3.05) is 26.3 Å². The summed E-state index contributed by atoms with van der Waals surface area (Å²) < 4.78 is 23.9. The van der Waals surface area contributed by atoms with Crippen LogP contribution in [0.15, 0.2) is 41.0 Å². The molecule has 0 unspecified atom stereocenters. The van der Waals surface area contributed by atoms with Crippen molar-refractivity contribution < 1.29 is 23.5 Å². The molecule has 10 nitrogen and oxygen atoms in total. The van der Waals surface area contributed by atoms with Crippen LogP contribution in [0, 0.1) is 5.82 Å². The summed E-state index contributed by atoms with van der Waals surface area (Å²) in [6.45, 7) is 1.93. The summed E-state index contributed by atoms with van der Waals surface area (Å²) in [5.41, 5.74) is 18.0. The number of nitrogens with zero attached hydrogens (tertiary/aromatic N) is 2. The summed E-state index contributed by atoms with van der Waals surface area (Å²) >= 11 is 0. The molecule has 11 heteroatoms. The van der Waals surface area contributed by atoms with Gasteiger partial charge >= 0.3 is 6.09 Å². The van der Waals surface area contributed by atoms with Gasteiger partial charge in [0.05, 0.1) is 24.5 Å². The summed E-state index contributed by atoms with van der Waals surface area (Å²) in [5, 5.41) is 3.07. The van der Waals surface area contributed by atoms with E-state index in [1.165, 1.54) is 30.5 Å². The van der Waals surface area contributed by atoms with E-state index in [0.717, 1.165) is 0 Å². The van der Waals surface area contributed by atoms with Crippen LogP contribution >= 0.6 is 0 Å². The molecule has 2 aliphatic heterocycles. The molecular weight excluding hydrogens is 419 g/mol. The fourth-order valence-corrected chi connectivity index (χ4v) is 3.54. The minimum absolute atomic E-state index is 0.0251. The molecule has 1 aromatic rings. The van der Waals surface area contributed by atoms with Gasteiger partial charge in [-0.15, -0.1) is 0 Å². The van der Waals surface area contributed by atoms with E-state index >= 15 is 0 Å². The average molecular weight is 448 g/mol. The number of primary amides is 1. The van der Waals surface area contributed by atoms with Crippen molar-refractivity contribution in [1.82, 2.24) is 10.2 Å². The van der Waals surface area contributed by atoms with Crippen LogP contribution in [0.4, 0.5) is 14.9 Å². The van der Waals surface area contributed by atoms with E-state index in [9.17, 15) is 14.0 Å². The zero-order valence-electron chi connectivity index (χ0n) is 17.7. The maximum Gasteiger partial charge on any atom is 0.410 e. The smallest absolute Gasteiger partial charge is 0.410 e. The van der Waals surface area contributed by atoms with Crippen LogP contribution in [0.1, 0.15) is 19.3 Å². The molecule has 2 heterocycles. The Morgan fingerprint density at radius 1 is 1.19 bits per heavy atom. The van der Waals surface area contributed by atoms with Crippen molar-refractivity contribution in [2.45, 2.75) is 37.5 Å². The number of piperidine rings is 1. The molecule has 0 saturated carbocycles. The molecule has 7 N–H and O–H groups in total. The topological polar surface area (TPSA) is 158 Å². The van der Waals surface area contributed by atoms with Crippen LogP contribution in [0.5, 0.6) is 0 Å². The van der Waals surface area contributed by atoms with Gasteiger partial charge in [-0.25, -0.2) is 14.2 Å². The van der Waals surface area contributed by atoms with Crippen LogP contribution in [-0.2, 0) is 14.3 Å². The molecule has 0 aliphatic carbocycles. The average Bonchev–Trinajstić information content (AvgIpc) is 2.77. The second kappa shape index (κ2) is 10.9. The van der Waals surface area contributed by atoms with Gasteiger partial charge in [0.15, 0.2) is 0 Å². The van der Waals surface area contributed by atoms with E-state index in [-0.39, 0.29) is 29.6 Å². The zero-order valence-corrected chi connectivity index (χ0v) is 17.7. The number of amides is 2. The maximum atomic E-state index is 13.0. The second-order valence-corrected chi connectivity index (χ2v) is 7.76. The summed E-state index contributed by atoms with van der Waals surface area (Å²) in [6.07, 6.45) is 2.80. The third-order valence-electron chi connectivity index (χ3n) is 5.41. The molecule has 0 aromatic heterocycles. The van der Waals surface area contributed by atoms with Gasteiger partial charge in [-0.05, 0) is 30.7 Å². The molecule has 0 spiro atoms. The number of nitrogens with two attached hydrogens (primary N) is 3. The quantitative estimate of drug-likeness (QED) is 0.280. The van der Waals surface area contributed by atoms with Gasteiger partial charge in [-0.3, -0.25) is 4.79 Å². The monoisotopic (exact) mass is 448 g/mol. The maximum absolute atomic E-state index is 13.0. The van der Waals surface area contributed by atoms with Crippen LogP contribution < -0.4 is 22.5 Å². The fraction of sp³-hybridized carbons (Fsp3) is 0.476. The minimum Gasteiger partial charge on any atom is -0.446 e. The largest absolute Gasteiger partial charge is 0.446 e. The van der Waals surface area contributed by atoms with Gasteiger partial charge in [0.25, 0.3) is 5.91 Å². The predicted octanol–water partition coefficient (Wildman–Crippen LogP) is 0.490. The molecule has 1 aromatic carbocycles. The van der Waals surface area contributed by atoms with Gasteiger partial charge in [0.2, 0.25) is 0 Å². The number of amidine groups is 1. The van der Waals surface area contributed by atoms with Crippen molar-refractivity contribution in [2.24, 2.45) is 22.2 Å². The van der Waals surface area contributed by atoms with Crippen molar-refractivity contribution >= 4 is 23.5 Å². The number of carbonyl (C=O) groups is 2. The van der Waals surface area contributed by atoms with E-state index in [2.05, 4.69) is 10.3 Å². The number of benzene rings is 1. The Labute approximate surface area is 185 Å². The summed E-state index contributed by atoms with van der Waals surface area (Å²) in [5.74, 6) is -1.29. The highest BCUT2D eigenvalue weighted by Gasteiger charge is 2.31. The normalized spacial score (nSPS) is 23.0. The lowest BCUT2D eigenvalue weighted by Gasteiger charge is -2.37. The Bertz CT molecular complexity index is 870. The molecule has 2 amide bonds. The van der Waals surface area contributed by atoms with Crippen LogP contribution in [0.25, 0.3) is 0 Å². The summed E-state index contributed by atoms with van der Waals surface area (Å²) in [7, 11) is 0. The number of hydrogen-bond donors (Lipinski definition) is 4. The van der Waals surface area contributed by atoms with Gasteiger partial charge < -0.3 is 36.9 Å². The fourth-order valence-electron chi connectivity index (χ4n) is 3.54. The Balaban J connectivity index is 1.57. The van der Waals surface area contributed by atoms with Crippen molar-refractivity contribution in [3.63, 3.8) is 0 Å². The Kier molecular flexibility index (Phi) is 8.01. The summed E-state index contributed by atoms with van der Waals surface area (Å²) in [4.78, 5) is 30.0. The van der Waals surface area contributed by atoms with Gasteiger partial charge in [-0.1, -0.05) is 0 Å². The van der Waals surface area contributed by atoms with Crippen LogP contribution in [-0.4, -0.2) is 67.2 Å². The molecular formula is C21H29FN6O4. The van der Waals surface area contributed by atoms with Crippen molar-refractivity contribution in [1.29, 1.82) is 0 Å². The lowest BCUT2D eigenvalue weighted by atomic mass is 10.0. The zero-order chi connectivity index (χ0) is 23.1. The highest BCUT2D eigenvalue weighted by molar-refractivity contribution is 6.20. The molecule has 3 rings (SSSR count). The first kappa shape index (κ1) is 23.5. The molecule has 2 fully saturated rings. The lowest BCUT2D eigenvalue weighted by molar-refractivity contribution is -0.114. The van der Waals surface area contributed by atoms with Crippen LogP contribution in [0.3, 0.4) is 0 Å². The van der Waals surface area contributed by atoms with Crippen LogP contribution in [0.2, 0.25) is 0 Å². The molecule has 2 atom stereocenters. The number of rotatable bonds is 6. The van der Waals surface area contributed by atoms with Gasteiger partial charge in [0, 0.05) is 44.2 Å². The molecule has 32 heavy (non-hydrogen) atoms. The number of hydrogen-bond acceptors (Lipinski definition) is 7. The van der Waals surface area contributed by atoms with Gasteiger partial charge in [0.1, 0.15) is 17.8 Å². The first-order chi connectivity index (χ1) is 15.3. The first-order valence-corrected chi connectivity index (χ1v) is 10.5. The van der Waals surface area contributed by atoms with Crippen molar-refractivity contribution in [3.8, 4) is 0 Å². The SMILES string of the molecule is NC(=O)/C(=C/N[C@@H]1CCN(C(=O)OC2CCOCC2)C[C@H]1N)C(N)=Nc1ccc(F)cc1. The number of ether oxygens (including phenoxy) is 2. The van der Waals surface area contributed by atoms with E-state index in [4.69, 9.17) is 26.7 Å². The third kappa shape index (κ3) is 6.41. The first-order valence-electron chi connectivity index (χ1n) is 10.5. The molecule has 2 saturated heterocycles. The Morgan fingerprint density at radius 2 is 1.88 bits per heavy atom.